The van der Waals surface area contributed by atoms with Crippen LogP contribution in [0.2, 0.25) is 5.02 Å². The maximum atomic E-state index is 12.9. The van der Waals surface area contributed by atoms with Gasteiger partial charge in [0.15, 0.2) is 5.75 Å². The Morgan fingerprint density at radius 3 is 2.67 bits per heavy atom. The van der Waals surface area contributed by atoms with Crippen LogP contribution in [-0.4, -0.2) is 27.2 Å². The first kappa shape index (κ1) is 15.2. The Balaban J connectivity index is 3.01. The van der Waals surface area contributed by atoms with E-state index in [4.69, 9.17) is 11.6 Å². The van der Waals surface area contributed by atoms with Crippen LogP contribution < -0.4 is 4.72 Å². The molecule has 0 saturated carbocycles. The Hall–Kier alpha value is -0.860. The maximum Gasteiger partial charge on any atom is 0.322 e. The molecule has 100 valence electrons. The molecule has 0 saturated heterocycles. The van der Waals surface area contributed by atoms with E-state index in [0.29, 0.717) is 0 Å². The van der Waals surface area contributed by atoms with Crippen LogP contribution in [0.1, 0.15) is 0 Å². The average Bonchev–Trinajstić information content (AvgIpc) is 2.22. The van der Waals surface area contributed by atoms with E-state index in [1.807, 2.05) is 0 Å². The first-order chi connectivity index (χ1) is 8.25. The third-order valence-corrected chi connectivity index (χ3v) is 3.85. The summed E-state index contributed by atoms with van der Waals surface area (Å²) in [6.07, 6.45) is 0. The second-order valence-electron chi connectivity index (χ2n) is 3.18. The molecule has 1 N–H and O–H groups in total. The van der Waals surface area contributed by atoms with Gasteiger partial charge in [-0.15, -0.1) is 0 Å². The predicted molar refractivity (Wildman–Crippen MR) is 68.5 cm³/mol. The minimum absolute atomic E-state index is 0.0398. The molecule has 0 bridgehead atoms. The molecule has 0 amide bonds. The van der Waals surface area contributed by atoms with Crippen LogP contribution >= 0.6 is 27.5 Å². The molecule has 0 unspecified atom stereocenters. The minimum atomic E-state index is -3.97. The Kier molecular flexibility index (Phi) is 4.94. The first-order valence-corrected chi connectivity index (χ1v) is 7.29. The van der Waals surface area contributed by atoms with Gasteiger partial charge in [0.25, 0.3) is 0 Å². The van der Waals surface area contributed by atoms with Gasteiger partial charge in [-0.2, -0.15) is 0 Å². The number of esters is 1. The Morgan fingerprint density at radius 2 is 2.17 bits per heavy atom. The molecule has 1 aromatic rings. The third-order valence-electron chi connectivity index (χ3n) is 1.80. The predicted octanol–water partition coefficient (Wildman–Crippen LogP) is 2.16. The lowest BCUT2D eigenvalue weighted by Gasteiger charge is -2.10. The lowest BCUT2D eigenvalue weighted by atomic mass is 10.3. The van der Waals surface area contributed by atoms with E-state index in [-0.39, 0.29) is 15.2 Å². The lowest BCUT2D eigenvalue weighted by Crippen LogP contribution is -2.24. The summed E-state index contributed by atoms with van der Waals surface area (Å²) in [5, 5.41) is -0.129. The van der Waals surface area contributed by atoms with E-state index in [0.717, 1.165) is 19.2 Å². The van der Waals surface area contributed by atoms with E-state index in [2.05, 4.69) is 25.4 Å². The van der Waals surface area contributed by atoms with Gasteiger partial charge >= 0.3 is 5.97 Å². The summed E-state index contributed by atoms with van der Waals surface area (Å²) in [5.74, 6) is -2.40. The molecule has 0 aromatic heterocycles. The molecule has 5 nitrogen and oxygen atoms in total. The number of sulfonamides is 1. The quantitative estimate of drug-likeness (QED) is 0.835. The van der Waals surface area contributed by atoms with Gasteiger partial charge in [0.05, 0.1) is 17.8 Å². The number of ether oxygens (including phenoxy) is 1. The highest BCUT2D eigenvalue weighted by Gasteiger charge is 2.20. The van der Waals surface area contributed by atoms with Crippen molar-refractivity contribution < 1.29 is 22.3 Å². The Morgan fingerprint density at radius 1 is 1.56 bits per heavy atom. The topological polar surface area (TPSA) is 72.5 Å². The number of rotatable bonds is 4. The fourth-order valence-electron chi connectivity index (χ4n) is 1.05. The molecular formula is C9H8BrClFNO4S. The van der Waals surface area contributed by atoms with Crippen molar-refractivity contribution in [2.45, 2.75) is 0 Å². The second kappa shape index (κ2) is 5.85. The van der Waals surface area contributed by atoms with Crippen LogP contribution in [0.5, 0.6) is 0 Å². The molecule has 0 aliphatic rings. The minimum Gasteiger partial charge on any atom is -0.468 e. The zero-order chi connectivity index (χ0) is 13.9. The highest BCUT2D eigenvalue weighted by molar-refractivity contribution is 9.10. The fraction of sp³-hybridized carbons (Fsp3) is 0.222. The van der Waals surface area contributed by atoms with E-state index < -0.39 is 27.6 Å². The molecule has 9 heteroatoms. The molecular weight excluding hydrogens is 353 g/mol. The highest BCUT2D eigenvalue weighted by atomic mass is 79.9. The van der Waals surface area contributed by atoms with Crippen molar-refractivity contribution in [3.63, 3.8) is 0 Å². The van der Waals surface area contributed by atoms with Crippen molar-refractivity contribution >= 4 is 49.2 Å². The molecule has 1 aromatic carbocycles. The molecule has 18 heavy (non-hydrogen) atoms. The molecule has 0 heterocycles. The molecule has 0 atom stereocenters. The van der Waals surface area contributed by atoms with Gasteiger partial charge in [-0.1, -0.05) is 11.6 Å². The number of carbonyl (C=O) groups is 1. The second-order valence-corrected chi connectivity index (χ2v) is 6.17. The van der Waals surface area contributed by atoms with Crippen LogP contribution in [0.15, 0.2) is 16.6 Å². The summed E-state index contributed by atoms with van der Waals surface area (Å²) in [7, 11) is -2.90. The number of hydrogen-bond donors (Lipinski definition) is 1. The van der Waals surface area contributed by atoms with Crippen molar-refractivity contribution in [2.24, 2.45) is 0 Å². The fourth-order valence-corrected chi connectivity index (χ4v) is 3.16. The number of anilines is 1. The number of halogens is 3. The average molecular weight is 361 g/mol. The molecule has 1 rings (SSSR count). The smallest absolute Gasteiger partial charge is 0.322 e. The zero-order valence-electron chi connectivity index (χ0n) is 9.04. The van der Waals surface area contributed by atoms with E-state index in [1.54, 1.807) is 0 Å². The first-order valence-electron chi connectivity index (χ1n) is 4.47. The van der Waals surface area contributed by atoms with Gasteiger partial charge in [-0.25, -0.2) is 12.8 Å². The maximum absolute atomic E-state index is 12.9. The van der Waals surface area contributed by atoms with E-state index >= 15 is 0 Å². The van der Waals surface area contributed by atoms with Crippen molar-refractivity contribution in [1.29, 1.82) is 0 Å². The summed E-state index contributed by atoms with van der Waals surface area (Å²) in [5.41, 5.74) is -0.0398. The number of hydrogen-bond acceptors (Lipinski definition) is 4. The van der Waals surface area contributed by atoms with Crippen molar-refractivity contribution in [3.8, 4) is 0 Å². The lowest BCUT2D eigenvalue weighted by molar-refractivity contribution is -0.137. The number of methoxy groups -OCH3 is 1. The summed E-state index contributed by atoms with van der Waals surface area (Å²) in [6.45, 7) is 0. The number of carbonyl (C=O) groups excluding carboxylic acids is 1. The van der Waals surface area contributed by atoms with Crippen LogP contribution in [-0.2, 0) is 19.6 Å². The van der Waals surface area contributed by atoms with Crippen molar-refractivity contribution in [1.82, 2.24) is 0 Å². The number of benzene rings is 1. The number of nitrogens with one attached hydrogen (secondary N) is 1. The third kappa shape index (κ3) is 4.11. The zero-order valence-corrected chi connectivity index (χ0v) is 12.2. The molecule has 0 aliphatic carbocycles. The molecule has 0 radical (unpaired) electrons. The Bertz CT molecular complexity index is 555. The highest BCUT2D eigenvalue weighted by Crippen LogP contribution is 2.32. The van der Waals surface area contributed by atoms with Gasteiger partial charge in [0.2, 0.25) is 10.0 Å². The van der Waals surface area contributed by atoms with E-state index in [9.17, 15) is 17.6 Å². The standard InChI is InChI=1S/C9H8BrClFNO4S/c1-17-8(14)4-18(15,16)13-9-6(10)2-5(12)3-7(9)11/h2-3,13H,4H2,1H3. The normalized spacial score (nSPS) is 11.1. The Labute approximate surface area is 116 Å². The summed E-state index contributed by atoms with van der Waals surface area (Å²) < 4.78 is 42.5. The summed E-state index contributed by atoms with van der Waals surface area (Å²) in [6, 6.07) is 1.99. The molecule has 0 fully saturated rings. The van der Waals surface area contributed by atoms with Gasteiger partial charge in [-0.3, -0.25) is 9.52 Å². The van der Waals surface area contributed by atoms with Gasteiger partial charge < -0.3 is 4.74 Å². The van der Waals surface area contributed by atoms with Crippen molar-refractivity contribution in [2.75, 3.05) is 17.6 Å². The largest absolute Gasteiger partial charge is 0.468 e. The van der Waals surface area contributed by atoms with Crippen LogP contribution in [0.3, 0.4) is 0 Å². The molecule has 0 aliphatic heterocycles. The van der Waals surface area contributed by atoms with E-state index in [1.165, 1.54) is 0 Å². The summed E-state index contributed by atoms with van der Waals surface area (Å²) in [4.78, 5) is 10.9. The molecule has 0 spiro atoms. The monoisotopic (exact) mass is 359 g/mol. The van der Waals surface area contributed by atoms with Crippen LogP contribution in [0.25, 0.3) is 0 Å². The van der Waals surface area contributed by atoms with Crippen LogP contribution in [0, 0.1) is 5.82 Å². The van der Waals surface area contributed by atoms with Gasteiger partial charge in [0.1, 0.15) is 5.82 Å². The van der Waals surface area contributed by atoms with Gasteiger partial charge in [-0.05, 0) is 28.1 Å². The SMILES string of the molecule is COC(=O)CS(=O)(=O)Nc1c(Cl)cc(F)cc1Br. The summed E-state index contributed by atoms with van der Waals surface area (Å²) >= 11 is 8.66. The van der Waals surface area contributed by atoms with Gasteiger partial charge in [0, 0.05) is 4.47 Å². The van der Waals surface area contributed by atoms with Crippen molar-refractivity contribution in [3.05, 3.63) is 27.4 Å². The van der Waals surface area contributed by atoms with Crippen LogP contribution in [0.4, 0.5) is 10.1 Å².